The van der Waals surface area contributed by atoms with Gasteiger partial charge in [0.1, 0.15) is 12.5 Å². The molecule has 1 aliphatic rings. The van der Waals surface area contributed by atoms with E-state index in [9.17, 15) is 18.0 Å². The Hall–Kier alpha value is -1.64. The fourth-order valence-electron chi connectivity index (χ4n) is 1.65. The van der Waals surface area contributed by atoms with Gasteiger partial charge in [0.2, 0.25) is 0 Å². The lowest BCUT2D eigenvalue weighted by Crippen LogP contribution is -2.18. The van der Waals surface area contributed by atoms with Crippen molar-refractivity contribution in [3.63, 3.8) is 0 Å². The largest absolute Gasteiger partial charge is 0.479 e. The fraction of sp³-hybridized carbons (Fsp3) is 0.667. The van der Waals surface area contributed by atoms with Crippen molar-refractivity contribution in [3.05, 3.63) is 11.7 Å². The van der Waals surface area contributed by atoms with Crippen molar-refractivity contribution in [3.8, 4) is 0 Å². The van der Waals surface area contributed by atoms with Crippen LogP contribution in [0, 0.1) is 0 Å². The first-order valence-electron chi connectivity index (χ1n) is 5.12. The molecule has 2 rings (SSSR count). The van der Waals surface area contributed by atoms with Crippen LogP contribution >= 0.6 is 0 Å². The Bertz CT molecular complexity index is 445. The summed E-state index contributed by atoms with van der Waals surface area (Å²) in [4.78, 5) is 14.2. The van der Waals surface area contributed by atoms with Crippen LogP contribution in [0.3, 0.4) is 0 Å². The monoisotopic (exact) mass is 266 g/mol. The Morgan fingerprint density at radius 2 is 2.17 bits per heavy atom. The molecule has 0 radical (unpaired) electrons. The molecule has 18 heavy (non-hydrogen) atoms. The number of rotatable bonds is 3. The van der Waals surface area contributed by atoms with Crippen molar-refractivity contribution in [2.45, 2.75) is 37.6 Å². The minimum absolute atomic E-state index is 0.113. The average molecular weight is 266 g/mol. The Balaban J connectivity index is 2.01. The highest BCUT2D eigenvalue weighted by molar-refractivity contribution is 5.72. The standard InChI is InChI=1S/C9H9F3N2O4/c10-9(11,12)3-6-13-7(18-14-6)4-1-2-5(17-4)8(15)16/h4-5H,1-3H2,(H,15,16). The highest BCUT2D eigenvalue weighted by atomic mass is 19.4. The molecule has 6 nitrogen and oxygen atoms in total. The second-order valence-corrected chi connectivity index (χ2v) is 3.87. The normalized spacial score (nSPS) is 24.4. The molecule has 1 N–H and O–H groups in total. The number of aliphatic carboxylic acids is 1. The lowest BCUT2D eigenvalue weighted by molar-refractivity contribution is -0.150. The molecule has 1 aromatic rings. The predicted molar refractivity (Wildman–Crippen MR) is 48.5 cm³/mol. The minimum Gasteiger partial charge on any atom is -0.479 e. The number of carboxylic acids is 1. The summed E-state index contributed by atoms with van der Waals surface area (Å²) in [5.74, 6) is -1.72. The van der Waals surface area contributed by atoms with Gasteiger partial charge in [-0.1, -0.05) is 5.16 Å². The molecule has 2 unspecified atom stereocenters. The fourth-order valence-corrected chi connectivity index (χ4v) is 1.65. The summed E-state index contributed by atoms with van der Waals surface area (Å²) >= 11 is 0. The molecular formula is C9H9F3N2O4. The van der Waals surface area contributed by atoms with Gasteiger partial charge in [0.05, 0.1) is 0 Å². The second kappa shape index (κ2) is 4.56. The number of carbonyl (C=O) groups is 1. The summed E-state index contributed by atoms with van der Waals surface area (Å²) in [7, 11) is 0. The van der Waals surface area contributed by atoms with Gasteiger partial charge in [-0.25, -0.2) is 4.79 Å². The molecule has 0 saturated carbocycles. The zero-order valence-electron chi connectivity index (χ0n) is 8.98. The quantitative estimate of drug-likeness (QED) is 0.891. The summed E-state index contributed by atoms with van der Waals surface area (Å²) in [6.07, 6.45) is -6.84. The lowest BCUT2D eigenvalue weighted by atomic mass is 10.2. The number of carboxylic acid groups (broad SMARTS) is 1. The average Bonchev–Trinajstić information content (AvgIpc) is 2.81. The highest BCUT2D eigenvalue weighted by Crippen LogP contribution is 2.32. The minimum atomic E-state index is -4.42. The molecule has 0 aliphatic carbocycles. The topological polar surface area (TPSA) is 85.5 Å². The third-order valence-electron chi connectivity index (χ3n) is 2.41. The Morgan fingerprint density at radius 1 is 1.44 bits per heavy atom. The first-order valence-corrected chi connectivity index (χ1v) is 5.12. The maximum atomic E-state index is 12.1. The first kappa shape index (κ1) is 12.8. The van der Waals surface area contributed by atoms with Crippen LogP contribution in [0.1, 0.15) is 30.7 Å². The summed E-state index contributed by atoms with van der Waals surface area (Å²) in [6.45, 7) is 0. The third kappa shape index (κ3) is 2.97. The van der Waals surface area contributed by atoms with E-state index in [0.29, 0.717) is 6.42 Å². The zero-order valence-corrected chi connectivity index (χ0v) is 8.98. The molecule has 1 fully saturated rings. The summed E-state index contributed by atoms with van der Waals surface area (Å²) < 4.78 is 45.9. The van der Waals surface area contributed by atoms with Crippen LogP contribution in [0.2, 0.25) is 0 Å². The summed E-state index contributed by atoms with van der Waals surface area (Å²) in [6, 6.07) is 0. The van der Waals surface area contributed by atoms with Crippen molar-refractivity contribution in [2.24, 2.45) is 0 Å². The van der Waals surface area contributed by atoms with E-state index in [0.717, 1.165) is 0 Å². The third-order valence-corrected chi connectivity index (χ3v) is 2.41. The van der Waals surface area contributed by atoms with Gasteiger partial charge in [0.15, 0.2) is 11.9 Å². The van der Waals surface area contributed by atoms with Crippen molar-refractivity contribution in [1.82, 2.24) is 10.1 Å². The summed E-state index contributed by atoms with van der Waals surface area (Å²) in [5.41, 5.74) is 0. The molecule has 0 bridgehead atoms. The van der Waals surface area contributed by atoms with E-state index in [1.807, 2.05) is 0 Å². The van der Waals surface area contributed by atoms with E-state index in [-0.39, 0.29) is 12.3 Å². The van der Waals surface area contributed by atoms with E-state index in [4.69, 9.17) is 9.84 Å². The number of halogens is 3. The Kier molecular flexibility index (Phi) is 3.24. The Morgan fingerprint density at radius 3 is 2.72 bits per heavy atom. The number of nitrogens with zero attached hydrogens (tertiary/aromatic N) is 2. The molecule has 0 spiro atoms. The van der Waals surface area contributed by atoms with Crippen LogP contribution in [-0.4, -0.2) is 33.5 Å². The molecule has 0 aromatic carbocycles. The molecule has 2 heterocycles. The van der Waals surface area contributed by atoms with E-state index >= 15 is 0 Å². The zero-order chi connectivity index (χ0) is 13.3. The molecule has 2 atom stereocenters. The molecule has 1 aromatic heterocycles. The lowest BCUT2D eigenvalue weighted by Gasteiger charge is -2.05. The van der Waals surface area contributed by atoms with Crippen LogP contribution in [0.25, 0.3) is 0 Å². The number of aromatic nitrogens is 2. The maximum absolute atomic E-state index is 12.1. The smallest absolute Gasteiger partial charge is 0.396 e. The molecule has 1 saturated heterocycles. The van der Waals surface area contributed by atoms with Crippen LogP contribution in [0.15, 0.2) is 4.52 Å². The van der Waals surface area contributed by atoms with Crippen LogP contribution in [0.5, 0.6) is 0 Å². The van der Waals surface area contributed by atoms with E-state index in [1.165, 1.54) is 0 Å². The maximum Gasteiger partial charge on any atom is 0.396 e. The van der Waals surface area contributed by atoms with Gasteiger partial charge in [0.25, 0.3) is 5.89 Å². The molecular weight excluding hydrogens is 257 g/mol. The van der Waals surface area contributed by atoms with Crippen molar-refractivity contribution >= 4 is 5.97 Å². The van der Waals surface area contributed by atoms with Crippen molar-refractivity contribution in [1.29, 1.82) is 0 Å². The van der Waals surface area contributed by atoms with E-state index in [1.54, 1.807) is 0 Å². The van der Waals surface area contributed by atoms with Gasteiger partial charge in [-0.15, -0.1) is 0 Å². The van der Waals surface area contributed by atoms with Gasteiger partial charge in [0, 0.05) is 0 Å². The highest BCUT2D eigenvalue weighted by Gasteiger charge is 2.36. The predicted octanol–water partition coefficient (Wildman–Crippen LogP) is 1.48. The Labute approximate surface area is 98.7 Å². The number of hydrogen-bond acceptors (Lipinski definition) is 5. The second-order valence-electron chi connectivity index (χ2n) is 3.87. The van der Waals surface area contributed by atoms with Gasteiger partial charge >= 0.3 is 12.1 Å². The molecule has 1 aliphatic heterocycles. The number of ether oxygens (including phenoxy) is 1. The van der Waals surface area contributed by atoms with E-state index in [2.05, 4.69) is 14.7 Å². The van der Waals surface area contributed by atoms with Gasteiger partial charge < -0.3 is 14.4 Å². The summed E-state index contributed by atoms with van der Waals surface area (Å²) in [5, 5.41) is 11.9. The van der Waals surface area contributed by atoms with Gasteiger partial charge in [-0.05, 0) is 12.8 Å². The molecule has 0 amide bonds. The number of alkyl halides is 3. The van der Waals surface area contributed by atoms with Crippen LogP contribution < -0.4 is 0 Å². The van der Waals surface area contributed by atoms with E-state index < -0.39 is 36.6 Å². The van der Waals surface area contributed by atoms with Crippen molar-refractivity contribution in [2.75, 3.05) is 0 Å². The van der Waals surface area contributed by atoms with Crippen molar-refractivity contribution < 1.29 is 32.3 Å². The molecule has 100 valence electrons. The van der Waals surface area contributed by atoms with Crippen LogP contribution in [-0.2, 0) is 16.0 Å². The first-order chi connectivity index (χ1) is 8.35. The van der Waals surface area contributed by atoms with Gasteiger partial charge in [-0.3, -0.25) is 0 Å². The SMILES string of the molecule is O=C(O)C1CCC(c2nc(CC(F)(F)F)no2)O1. The number of hydrogen-bond donors (Lipinski definition) is 1. The van der Waals surface area contributed by atoms with Gasteiger partial charge in [-0.2, -0.15) is 18.2 Å². The van der Waals surface area contributed by atoms with Crippen LogP contribution in [0.4, 0.5) is 13.2 Å². The molecule has 9 heteroatoms.